The fourth-order valence-corrected chi connectivity index (χ4v) is 4.55. The Morgan fingerprint density at radius 3 is 2.61 bits per heavy atom. The summed E-state index contributed by atoms with van der Waals surface area (Å²) in [5.41, 5.74) is 1.73. The lowest BCUT2D eigenvalue weighted by Crippen LogP contribution is -2.28. The minimum absolute atomic E-state index is 0.311. The van der Waals surface area contributed by atoms with Crippen LogP contribution in [0.1, 0.15) is 13.8 Å². The Morgan fingerprint density at radius 2 is 1.97 bits per heavy atom. The Balaban J connectivity index is 0.00000187. The third-order valence-corrected chi connectivity index (χ3v) is 6.64. The lowest BCUT2D eigenvalue weighted by molar-refractivity contribution is 0.415. The smallest absolute Gasteiger partial charge is 0.175 e. The summed E-state index contributed by atoms with van der Waals surface area (Å²) in [6.45, 7) is 5.57. The summed E-state index contributed by atoms with van der Waals surface area (Å²) in [6.07, 6.45) is 1.26. The quantitative estimate of drug-likeness (QED) is 0.291. The Bertz CT molecular complexity index is 951. The fourth-order valence-electron chi connectivity index (χ4n) is 2.80. The number of halogens is 3. The third-order valence-electron chi connectivity index (χ3n) is 4.46. The maximum absolute atomic E-state index is 14.7. The predicted octanol–water partition coefficient (Wildman–Crippen LogP) is 5.90. The van der Waals surface area contributed by atoms with E-state index in [2.05, 4.69) is 25.6 Å². The van der Waals surface area contributed by atoms with Gasteiger partial charge in [0.1, 0.15) is 17.1 Å². The van der Waals surface area contributed by atoms with Crippen molar-refractivity contribution < 1.29 is 13.5 Å². The van der Waals surface area contributed by atoms with Gasteiger partial charge in [-0.15, -0.1) is 0 Å². The Hall–Kier alpha value is -1.85. The molecule has 0 aliphatic carbocycles. The van der Waals surface area contributed by atoms with E-state index in [4.69, 9.17) is 16.3 Å². The zero-order valence-corrected chi connectivity index (χ0v) is 21.7. The summed E-state index contributed by atoms with van der Waals surface area (Å²) in [5, 5.41) is 9.19. The van der Waals surface area contributed by atoms with Crippen molar-refractivity contribution in [2.24, 2.45) is 0 Å². The van der Waals surface area contributed by atoms with Gasteiger partial charge in [0, 0.05) is 38.5 Å². The van der Waals surface area contributed by atoms with Crippen LogP contribution in [0.25, 0.3) is 0 Å². The SMILES string of the molecule is CC.CNCCN(C)c1cc(OC)ccc1Nc1cc(F)c(SNC2NC=C(F)S2)cc1Cl. The van der Waals surface area contributed by atoms with Crippen LogP contribution in [-0.4, -0.2) is 39.8 Å². The van der Waals surface area contributed by atoms with Gasteiger partial charge in [-0.3, -0.25) is 0 Å². The lowest BCUT2D eigenvalue weighted by atomic mass is 10.2. The second-order valence-electron chi connectivity index (χ2n) is 6.63. The zero-order chi connectivity index (χ0) is 24.4. The molecule has 11 heteroatoms. The zero-order valence-electron chi connectivity index (χ0n) is 19.3. The van der Waals surface area contributed by atoms with Gasteiger partial charge in [0.2, 0.25) is 0 Å². The highest BCUT2D eigenvalue weighted by Gasteiger charge is 2.19. The van der Waals surface area contributed by atoms with Gasteiger partial charge < -0.3 is 25.6 Å². The molecule has 0 radical (unpaired) electrons. The Morgan fingerprint density at radius 1 is 1.21 bits per heavy atom. The molecule has 0 saturated heterocycles. The Labute approximate surface area is 208 Å². The second-order valence-corrected chi connectivity index (χ2v) is 9.01. The van der Waals surface area contributed by atoms with Gasteiger partial charge in [0.25, 0.3) is 0 Å². The van der Waals surface area contributed by atoms with E-state index >= 15 is 0 Å². The largest absolute Gasteiger partial charge is 0.497 e. The molecule has 33 heavy (non-hydrogen) atoms. The van der Waals surface area contributed by atoms with Gasteiger partial charge in [-0.25, -0.2) is 9.11 Å². The van der Waals surface area contributed by atoms with E-state index in [1.54, 1.807) is 7.11 Å². The molecule has 0 spiro atoms. The standard InChI is InChI=1S/C20H24ClF2N5OS2.C2H6/c1-24-6-7-28(2)17-8-12(29-3)4-5-15(17)26-16-10-14(22)18(9-13(16)21)31-27-20-25-11-19(23)30-20;1-2/h4-5,8-11,20,24-27H,6-7H2,1-3H3;1-2H3. The maximum Gasteiger partial charge on any atom is 0.175 e. The number of benzene rings is 2. The summed E-state index contributed by atoms with van der Waals surface area (Å²) in [6, 6.07) is 8.49. The van der Waals surface area contributed by atoms with E-state index in [0.29, 0.717) is 15.6 Å². The molecule has 1 heterocycles. The van der Waals surface area contributed by atoms with Crippen LogP contribution in [0.4, 0.5) is 25.8 Å². The van der Waals surface area contributed by atoms with Crippen molar-refractivity contribution in [3.63, 3.8) is 0 Å². The molecule has 0 fully saturated rings. The molecule has 2 aromatic carbocycles. The van der Waals surface area contributed by atoms with Crippen molar-refractivity contribution >= 4 is 52.4 Å². The minimum Gasteiger partial charge on any atom is -0.497 e. The predicted molar refractivity (Wildman–Crippen MR) is 139 cm³/mol. The van der Waals surface area contributed by atoms with E-state index in [1.807, 2.05) is 46.1 Å². The van der Waals surface area contributed by atoms with Gasteiger partial charge in [-0.1, -0.05) is 37.2 Å². The average molecular weight is 518 g/mol. The molecule has 1 aliphatic heterocycles. The van der Waals surface area contributed by atoms with Gasteiger partial charge in [-0.05, 0) is 37.2 Å². The number of hydrogen-bond donors (Lipinski definition) is 4. The minimum atomic E-state index is -0.445. The van der Waals surface area contributed by atoms with E-state index in [1.165, 1.54) is 18.3 Å². The van der Waals surface area contributed by atoms with Gasteiger partial charge >= 0.3 is 0 Å². The summed E-state index contributed by atoms with van der Waals surface area (Å²) < 4.78 is 36.1. The normalized spacial score (nSPS) is 14.7. The van der Waals surface area contributed by atoms with E-state index in [0.717, 1.165) is 53.9 Å². The number of nitrogens with one attached hydrogen (secondary N) is 4. The van der Waals surface area contributed by atoms with Crippen molar-refractivity contribution in [1.29, 1.82) is 0 Å². The molecule has 1 aliphatic rings. The first-order chi connectivity index (χ1) is 15.9. The molecule has 0 bridgehead atoms. The average Bonchev–Trinajstić information content (AvgIpc) is 3.25. The Kier molecular flexibility index (Phi) is 11.4. The molecule has 0 amide bonds. The highest BCUT2D eigenvalue weighted by molar-refractivity contribution is 8.05. The molecule has 182 valence electrons. The van der Waals surface area contributed by atoms with Crippen molar-refractivity contribution in [2.75, 3.05) is 44.5 Å². The topological polar surface area (TPSA) is 60.6 Å². The van der Waals surface area contributed by atoms with Gasteiger partial charge in [0.05, 0.1) is 34.1 Å². The van der Waals surface area contributed by atoms with Crippen LogP contribution in [0.3, 0.4) is 0 Å². The van der Waals surface area contributed by atoms with E-state index in [9.17, 15) is 8.78 Å². The first-order valence-corrected chi connectivity index (χ1v) is 12.5. The molecule has 4 N–H and O–H groups in total. The number of methoxy groups -OCH3 is 1. The van der Waals surface area contributed by atoms with Crippen LogP contribution in [0.15, 0.2) is 46.6 Å². The molecular weight excluding hydrogens is 488 g/mol. The molecule has 0 aromatic heterocycles. The van der Waals surface area contributed by atoms with Crippen LogP contribution in [0, 0.1) is 5.82 Å². The van der Waals surface area contributed by atoms with Crippen molar-refractivity contribution in [2.45, 2.75) is 24.2 Å². The molecule has 3 rings (SSSR count). The summed E-state index contributed by atoms with van der Waals surface area (Å²) in [4.78, 5) is 2.38. The number of anilines is 3. The maximum atomic E-state index is 14.7. The lowest BCUT2D eigenvalue weighted by Gasteiger charge is -2.24. The molecule has 0 saturated carbocycles. The number of rotatable bonds is 10. The molecule has 2 aromatic rings. The van der Waals surface area contributed by atoms with Crippen molar-refractivity contribution in [1.82, 2.24) is 15.4 Å². The number of likely N-dealkylation sites (N-methyl/N-ethyl adjacent to an activating group) is 2. The molecule has 1 unspecified atom stereocenters. The second kappa shape index (κ2) is 13.8. The van der Waals surface area contributed by atoms with Crippen LogP contribution in [0.5, 0.6) is 5.75 Å². The molecule has 1 atom stereocenters. The summed E-state index contributed by atoms with van der Waals surface area (Å²) in [5.74, 6) is 0.274. The van der Waals surface area contributed by atoms with Crippen LogP contribution >= 0.6 is 35.3 Å². The summed E-state index contributed by atoms with van der Waals surface area (Å²) >= 11 is 8.46. The molecular formula is C22H30ClF2N5OS2. The number of hydrogen-bond acceptors (Lipinski definition) is 8. The highest BCUT2D eigenvalue weighted by atomic mass is 35.5. The molecule has 6 nitrogen and oxygen atoms in total. The van der Waals surface area contributed by atoms with Crippen molar-refractivity contribution in [3.05, 3.63) is 52.5 Å². The van der Waals surface area contributed by atoms with E-state index < -0.39 is 5.82 Å². The number of ether oxygens (including phenoxy) is 1. The summed E-state index contributed by atoms with van der Waals surface area (Å²) in [7, 11) is 5.47. The van der Waals surface area contributed by atoms with Crippen LogP contribution in [0.2, 0.25) is 5.02 Å². The van der Waals surface area contributed by atoms with Gasteiger partial charge in [0.15, 0.2) is 5.16 Å². The van der Waals surface area contributed by atoms with Crippen LogP contribution < -0.4 is 30.3 Å². The number of nitrogens with zero attached hydrogens (tertiary/aromatic N) is 1. The fraction of sp³-hybridized carbons (Fsp3) is 0.364. The van der Waals surface area contributed by atoms with Gasteiger partial charge in [-0.2, -0.15) is 4.39 Å². The first-order valence-electron chi connectivity index (χ1n) is 10.4. The number of thioether (sulfide) groups is 1. The van der Waals surface area contributed by atoms with Crippen molar-refractivity contribution in [3.8, 4) is 5.75 Å². The van der Waals surface area contributed by atoms with E-state index in [-0.39, 0.29) is 10.7 Å². The monoisotopic (exact) mass is 517 g/mol. The third kappa shape index (κ3) is 7.86. The highest BCUT2D eigenvalue weighted by Crippen LogP contribution is 2.37. The van der Waals surface area contributed by atoms with Crippen LogP contribution in [-0.2, 0) is 0 Å². The first kappa shape index (κ1) is 27.4.